The highest BCUT2D eigenvalue weighted by atomic mass is 32.2. The molecule has 3 aromatic carbocycles. The molecule has 1 saturated heterocycles. The average Bonchev–Trinajstić information content (AvgIpc) is 3.17. The lowest BCUT2D eigenvalue weighted by molar-refractivity contribution is -0.127. The molecule has 1 aliphatic rings. The summed E-state index contributed by atoms with van der Waals surface area (Å²) in [6.45, 7) is 3.23. The number of thioether (sulfide) groups is 1. The van der Waals surface area contributed by atoms with Gasteiger partial charge in [-0.05, 0) is 78.7 Å². The Balaban J connectivity index is 1.39. The van der Waals surface area contributed by atoms with Crippen LogP contribution in [0.2, 0.25) is 0 Å². The van der Waals surface area contributed by atoms with Crippen LogP contribution in [0.5, 0.6) is 11.5 Å². The largest absolute Gasteiger partial charge is 0.493 e. The normalized spacial score (nSPS) is 13.9. The zero-order valence-electron chi connectivity index (χ0n) is 21.6. The number of imide groups is 1. The third-order valence-electron chi connectivity index (χ3n) is 5.74. The summed E-state index contributed by atoms with van der Waals surface area (Å²) in [5, 5.41) is 4.97. The van der Waals surface area contributed by atoms with E-state index in [-0.39, 0.29) is 17.4 Å². The molecule has 4 rings (SSSR count). The molecular formula is C29H27N3O6S. The number of nitrogens with one attached hydrogen (secondary N) is 2. The minimum Gasteiger partial charge on any atom is -0.493 e. The van der Waals surface area contributed by atoms with Crippen LogP contribution in [-0.4, -0.2) is 48.1 Å². The number of anilines is 2. The van der Waals surface area contributed by atoms with Crippen LogP contribution in [0, 0.1) is 13.8 Å². The Kier molecular flexibility index (Phi) is 8.67. The van der Waals surface area contributed by atoms with Gasteiger partial charge >= 0.3 is 0 Å². The molecule has 4 amide bonds. The maximum absolute atomic E-state index is 12.8. The first-order valence-corrected chi connectivity index (χ1v) is 12.8. The van der Waals surface area contributed by atoms with Crippen LogP contribution >= 0.6 is 11.8 Å². The number of rotatable bonds is 9. The number of hydrogen-bond donors (Lipinski definition) is 2. The van der Waals surface area contributed by atoms with E-state index in [4.69, 9.17) is 9.47 Å². The number of benzene rings is 3. The summed E-state index contributed by atoms with van der Waals surface area (Å²) >= 11 is 0.753. The van der Waals surface area contributed by atoms with E-state index >= 15 is 0 Å². The molecule has 3 aromatic rings. The van der Waals surface area contributed by atoms with Crippen molar-refractivity contribution < 1.29 is 28.7 Å². The number of amides is 4. The first kappa shape index (κ1) is 27.5. The Hall–Kier alpha value is -4.57. The number of hydrogen-bond acceptors (Lipinski definition) is 7. The van der Waals surface area contributed by atoms with Gasteiger partial charge in [-0.1, -0.05) is 36.4 Å². The van der Waals surface area contributed by atoms with E-state index in [9.17, 15) is 19.2 Å². The monoisotopic (exact) mass is 545 g/mol. The highest BCUT2D eigenvalue weighted by molar-refractivity contribution is 8.18. The van der Waals surface area contributed by atoms with Gasteiger partial charge in [0.15, 0.2) is 18.1 Å². The summed E-state index contributed by atoms with van der Waals surface area (Å²) in [7, 11) is 1.46. The number of methoxy groups -OCH3 is 1. The van der Waals surface area contributed by atoms with Crippen LogP contribution < -0.4 is 20.1 Å². The maximum Gasteiger partial charge on any atom is 0.294 e. The van der Waals surface area contributed by atoms with Crippen molar-refractivity contribution in [1.82, 2.24) is 4.90 Å². The van der Waals surface area contributed by atoms with Gasteiger partial charge in [-0.15, -0.1) is 0 Å². The number of aryl methyl sites for hydroxylation is 2. The smallest absolute Gasteiger partial charge is 0.294 e. The van der Waals surface area contributed by atoms with Crippen molar-refractivity contribution in [2.45, 2.75) is 13.8 Å². The first-order chi connectivity index (χ1) is 18.7. The lowest BCUT2D eigenvalue weighted by Crippen LogP contribution is -2.36. The van der Waals surface area contributed by atoms with Crippen LogP contribution in [0.15, 0.2) is 71.6 Å². The van der Waals surface area contributed by atoms with E-state index in [1.807, 2.05) is 38.1 Å². The van der Waals surface area contributed by atoms with Gasteiger partial charge in [0.2, 0.25) is 5.91 Å². The van der Waals surface area contributed by atoms with Gasteiger partial charge in [0.05, 0.1) is 12.0 Å². The molecule has 0 bridgehead atoms. The van der Waals surface area contributed by atoms with Crippen molar-refractivity contribution in [3.05, 3.63) is 88.3 Å². The average molecular weight is 546 g/mol. The van der Waals surface area contributed by atoms with Gasteiger partial charge in [0.1, 0.15) is 6.54 Å². The third kappa shape index (κ3) is 7.05. The maximum atomic E-state index is 12.8. The fraction of sp³-hybridized carbons (Fsp3) is 0.172. The Morgan fingerprint density at radius 2 is 1.69 bits per heavy atom. The summed E-state index contributed by atoms with van der Waals surface area (Å²) in [5.74, 6) is -0.661. The predicted octanol–water partition coefficient (Wildman–Crippen LogP) is 5.00. The summed E-state index contributed by atoms with van der Waals surface area (Å²) < 4.78 is 11.1. The van der Waals surface area contributed by atoms with E-state index in [2.05, 4.69) is 10.6 Å². The quantitative estimate of drug-likeness (QED) is 0.364. The number of carbonyl (C=O) groups is 4. The van der Waals surface area contributed by atoms with E-state index in [0.29, 0.717) is 22.7 Å². The molecule has 0 aromatic heterocycles. The Labute approximate surface area is 230 Å². The molecule has 39 heavy (non-hydrogen) atoms. The second-order valence-corrected chi connectivity index (χ2v) is 9.74. The Bertz CT molecular complexity index is 1450. The zero-order valence-corrected chi connectivity index (χ0v) is 22.5. The molecule has 0 saturated carbocycles. The van der Waals surface area contributed by atoms with E-state index in [0.717, 1.165) is 33.5 Å². The molecule has 0 atom stereocenters. The van der Waals surface area contributed by atoms with Gasteiger partial charge in [0.25, 0.3) is 17.1 Å². The van der Waals surface area contributed by atoms with Crippen LogP contribution in [0.3, 0.4) is 0 Å². The zero-order chi connectivity index (χ0) is 27.9. The van der Waals surface area contributed by atoms with Crippen molar-refractivity contribution in [3.8, 4) is 11.5 Å². The van der Waals surface area contributed by atoms with Crippen LogP contribution in [-0.2, 0) is 14.4 Å². The summed E-state index contributed by atoms with van der Waals surface area (Å²) in [6.07, 6.45) is 1.54. The molecule has 2 N–H and O–H groups in total. The molecule has 1 fully saturated rings. The molecule has 9 nitrogen and oxygen atoms in total. The highest BCUT2D eigenvalue weighted by Crippen LogP contribution is 2.34. The molecule has 1 heterocycles. The predicted molar refractivity (Wildman–Crippen MR) is 151 cm³/mol. The van der Waals surface area contributed by atoms with Gasteiger partial charge in [-0.3, -0.25) is 24.1 Å². The van der Waals surface area contributed by atoms with Gasteiger partial charge < -0.3 is 20.1 Å². The molecule has 0 aliphatic carbocycles. The fourth-order valence-electron chi connectivity index (χ4n) is 3.75. The van der Waals surface area contributed by atoms with Gasteiger partial charge in [-0.25, -0.2) is 0 Å². The molecule has 1 aliphatic heterocycles. The van der Waals surface area contributed by atoms with Crippen molar-refractivity contribution in [2.75, 3.05) is 30.9 Å². The topological polar surface area (TPSA) is 114 Å². The molecule has 200 valence electrons. The Morgan fingerprint density at radius 1 is 0.923 bits per heavy atom. The summed E-state index contributed by atoms with van der Waals surface area (Å²) in [5.41, 5.74) is 3.84. The lowest BCUT2D eigenvalue weighted by Gasteiger charge is -2.13. The van der Waals surface area contributed by atoms with Crippen LogP contribution in [0.4, 0.5) is 16.2 Å². The molecule has 0 spiro atoms. The van der Waals surface area contributed by atoms with Gasteiger partial charge in [0, 0.05) is 11.4 Å². The molecule has 0 radical (unpaired) electrons. The highest BCUT2D eigenvalue weighted by Gasteiger charge is 2.36. The number of ether oxygens (including phenoxy) is 2. The minimum absolute atomic E-state index is 0.177. The van der Waals surface area contributed by atoms with E-state index in [1.54, 1.807) is 48.5 Å². The molecular weight excluding hydrogens is 518 g/mol. The number of carbonyl (C=O) groups excluding carboxylic acids is 4. The number of para-hydroxylation sites is 1. The first-order valence-electron chi connectivity index (χ1n) is 12.0. The Morgan fingerprint density at radius 3 is 2.44 bits per heavy atom. The minimum atomic E-state index is -0.560. The van der Waals surface area contributed by atoms with Crippen LogP contribution in [0.1, 0.15) is 16.7 Å². The molecule has 0 unspecified atom stereocenters. The van der Waals surface area contributed by atoms with Gasteiger partial charge in [-0.2, -0.15) is 0 Å². The van der Waals surface area contributed by atoms with Crippen molar-refractivity contribution in [1.29, 1.82) is 0 Å². The second kappa shape index (κ2) is 12.3. The number of nitrogens with zero attached hydrogens (tertiary/aromatic N) is 1. The van der Waals surface area contributed by atoms with E-state index < -0.39 is 23.6 Å². The lowest BCUT2D eigenvalue weighted by atomic mass is 10.1. The molecule has 10 heteroatoms. The summed E-state index contributed by atoms with van der Waals surface area (Å²) in [4.78, 5) is 51.1. The summed E-state index contributed by atoms with van der Waals surface area (Å²) in [6, 6.07) is 19.5. The standard InChI is InChI=1S/C29H27N3O6S/c1-18-9-10-19(2)22(13-18)31-27(34)17-38-23-12-11-20(14-24(23)37-3)15-25-28(35)32(29(36)39-25)16-26(33)30-21-7-5-4-6-8-21/h4-15H,16-17H2,1-3H3,(H,30,33)(H,31,34)/b25-15-. The van der Waals surface area contributed by atoms with Crippen LogP contribution in [0.25, 0.3) is 6.08 Å². The third-order valence-corrected chi connectivity index (χ3v) is 6.65. The fourth-order valence-corrected chi connectivity index (χ4v) is 4.58. The van der Waals surface area contributed by atoms with Crippen molar-refractivity contribution in [2.24, 2.45) is 0 Å². The van der Waals surface area contributed by atoms with Crippen molar-refractivity contribution >= 4 is 52.2 Å². The SMILES string of the molecule is COc1cc(/C=C2\SC(=O)N(CC(=O)Nc3ccccc3)C2=O)ccc1OCC(=O)Nc1cc(C)ccc1C. The second-order valence-electron chi connectivity index (χ2n) is 8.75. The van der Waals surface area contributed by atoms with Crippen molar-refractivity contribution in [3.63, 3.8) is 0 Å². The van der Waals surface area contributed by atoms with E-state index in [1.165, 1.54) is 7.11 Å².